The number of nitrogen functional groups attached to an aromatic ring is 1. The summed E-state index contributed by atoms with van der Waals surface area (Å²) in [6, 6.07) is 7.21. The molecular formula is C25H28N8O2. The third-order valence-electron chi connectivity index (χ3n) is 5.58. The number of aromatic nitrogens is 4. The summed E-state index contributed by atoms with van der Waals surface area (Å²) in [5.41, 5.74) is 8.62. The van der Waals surface area contributed by atoms with Gasteiger partial charge in [-0.3, -0.25) is 9.59 Å². The molecule has 1 aliphatic rings. The topological polar surface area (TPSA) is 122 Å². The molecule has 1 fully saturated rings. The average molecular weight is 473 g/mol. The van der Waals surface area contributed by atoms with Crippen LogP contribution >= 0.6 is 0 Å². The number of anilines is 2. The molecule has 0 bridgehead atoms. The maximum atomic E-state index is 12.6. The molecule has 1 saturated heterocycles. The predicted molar refractivity (Wildman–Crippen MR) is 134 cm³/mol. The Morgan fingerprint density at radius 2 is 2.11 bits per heavy atom. The van der Waals surface area contributed by atoms with Crippen molar-refractivity contribution in [3.8, 4) is 11.8 Å². The third kappa shape index (κ3) is 5.65. The van der Waals surface area contributed by atoms with Crippen molar-refractivity contribution in [3.05, 3.63) is 54.0 Å². The second kappa shape index (κ2) is 10.4. The molecule has 35 heavy (non-hydrogen) atoms. The summed E-state index contributed by atoms with van der Waals surface area (Å²) in [5, 5.41) is 8.07. The van der Waals surface area contributed by atoms with Gasteiger partial charge in [-0.05, 0) is 44.6 Å². The number of rotatable bonds is 5. The number of hydrogen-bond acceptors (Lipinski definition) is 7. The molecule has 0 aliphatic carbocycles. The quantitative estimate of drug-likeness (QED) is 0.428. The molecule has 10 nitrogen and oxygen atoms in total. The van der Waals surface area contributed by atoms with Crippen LogP contribution in [0.3, 0.4) is 0 Å². The minimum absolute atomic E-state index is 0.0148. The molecule has 0 radical (unpaired) electrons. The lowest BCUT2D eigenvalue weighted by molar-refractivity contribution is -0.125. The van der Waals surface area contributed by atoms with Crippen molar-refractivity contribution in [3.63, 3.8) is 0 Å². The summed E-state index contributed by atoms with van der Waals surface area (Å²) in [6.45, 7) is 3.32. The third-order valence-corrected chi connectivity index (χ3v) is 5.58. The molecule has 4 rings (SSSR count). The van der Waals surface area contributed by atoms with E-state index in [1.807, 2.05) is 46.8 Å². The Balaban J connectivity index is 1.60. The van der Waals surface area contributed by atoms with Gasteiger partial charge >= 0.3 is 0 Å². The Bertz CT molecular complexity index is 1350. The molecule has 10 heteroatoms. The van der Waals surface area contributed by atoms with Gasteiger partial charge in [0.2, 0.25) is 11.8 Å². The summed E-state index contributed by atoms with van der Waals surface area (Å²) in [4.78, 5) is 36.3. The molecule has 0 saturated carbocycles. The number of carbonyl (C=O) groups excluding carboxylic acids is 2. The molecule has 2 amide bonds. The van der Waals surface area contributed by atoms with Crippen LogP contribution in [0.15, 0.2) is 42.7 Å². The maximum Gasteiger partial charge on any atom is 0.246 e. The van der Waals surface area contributed by atoms with Gasteiger partial charge in [0.1, 0.15) is 17.8 Å². The number of likely N-dealkylation sites (tertiary alicyclic amines) is 1. The lowest BCUT2D eigenvalue weighted by Crippen LogP contribution is -2.28. The van der Waals surface area contributed by atoms with Crippen LogP contribution in [-0.4, -0.2) is 75.1 Å². The van der Waals surface area contributed by atoms with Crippen molar-refractivity contribution >= 4 is 34.4 Å². The summed E-state index contributed by atoms with van der Waals surface area (Å²) in [5.74, 6) is 6.32. The first-order chi connectivity index (χ1) is 16.8. The second-order valence-corrected chi connectivity index (χ2v) is 8.65. The SMILES string of the molecule is CC(=O)Nc1cccc(C#Cc2nn([C@H]3CCN(C(=O)C=CCN(C)C)C3)c3ncnc(N)c23)c1. The number of fused-ring (bicyclic) bond motifs is 1. The number of nitrogens with zero attached hydrogens (tertiary/aromatic N) is 6. The number of benzene rings is 1. The molecular weight excluding hydrogens is 444 g/mol. The fourth-order valence-corrected chi connectivity index (χ4v) is 3.96. The van der Waals surface area contributed by atoms with Crippen LogP contribution in [0, 0.1) is 11.8 Å². The number of likely N-dealkylation sites (N-methyl/N-ethyl adjacent to an activating group) is 1. The first-order valence-electron chi connectivity index (χ1n) is 11.3. The fourth-order valence-electron chi connectivity index (χ4n) is 3.96. The molecule has 1 aliphatic heterocycles. The van der Waals surface area contributed by atoms with Gasteiger partial charge in [-0.25, -0.2) is 14.6 Å². The number of nitrogens with two attached hydrogens (primary N) is 1. The van der Waals surface area contributed by atoms with Gasteiger partial charge in [0.15, 0.2) is 5.65 Å². The highest BCUT2D eigenvalue weighted by molar-refractivity contribution is 5.91. The van der Waals surface area contributed by atoms with E-state index in [4.69, 9.17) is 10.8 Å². The summed E-state index contributed by atoms with van der Waals surface area (Å²) in [6.07, 6.45) is 5.64. The minimum Gasteiger partial charge on any atom is -0.383 e. The zero-order valence-electron chi connectivity index (χ0n) is 20.0. The number of carbonyl (C=O) groups is 2. The van der Waals surface area contributed by atoms with Gasteiger partial charge in [-0.2, -0.15) is 5.10 Å². The summed E-state index contributed by atoms with van der Waals surface area (Å²) >= 11 is 0. The molecule has 1 aromatic carbocycles. The molecule has 0 unspecified atom stereocenters. The van der Waals surface area contributed by atoms with Crippen LogP contribution in [0.25, 0.3) is 11.0 Å². The van der Waals surface area contributed by atoms with Gasteiger partial charge in [0.05, 0.1) is 11.4 Å². The van der Waals surface area contributed by atoms with E-state index in [1.165, 1.54) is 13.3 Å². The summed E-state index contributed by atoms with van der Waals surface area (Å²) in [7, 11) is 3.91. The average Bonchev–Trinajstić information content (AvgIpc) is 3.43. The van der Waals surface area contributed by atoms with Crippen molar-refractivity contribution in [1.82, 2.24) is 29.5 Å². The van der Waals surface area contributed by atoms with Crippen LogP contribution in [0.2, 0.25) is 0 Å². The Hall–Kier alpha value is -4.23. The zero-order valence-corrected chi connectivity index (χ0v) is 20.0. The van der Waals surface area contributed by atoms with Crippen LogP contribution in [-0.2, 0) is 9.59 Å². The predicted octanol–water partition coefficient (Wildman–Crippen LogP) is 1.66. The largest absolute Gasteiger partial charge is 0.383 e. The van der Waals surface area contributed by atoms with E-state index in [0.29, 0.717) is 47.9 Å². The fraction of sp³-hybridized carbons (Fsp3) is 0.320. The van der Waals surface area contributed by atoms with E-state index >= 15 is 0 Å². The van der Waals surface area contributed by atoms with E-state index in [2.05, 4.69) is 27.1 Å². The Morgan fingerprint density at radius 1 is 1.29 bits per heavy atom. The lowest BCUT2D eigenvalue weighted by Gasteiger charge is -2.15. The highest BCUT2D eigenvalue weighted by atomic mass is 16.2. The standard InChI is InChI=1S/C25H28N8O2/c1-17(34)29-19-7-4-6-18(14-19)9-10-21-23-24(26)27-16-28-25(23)33(30-21)20-11-13-32(15-20)22(35)8-5-12-31(2)3/h4-8,14,16,20H,11-13,15H2,1-3H3,(H,29,34)(H2,26,27,28)/t20-/m0/s1. The highest BCUT2D eigenvalue weighted by Crippen LogP contribution is 2.28. The van der Waals surface area contributed by atoms with E-state index in [9.17, 15) is 9.59 Å². The maximum absolute atomic E-state index is 12.6. The van der Waals surface area contributed by atoms with Crippen LogP contribution in [0.5, 0.6) is 0 Å². The number of nitrogens with one attached hydrogen (secondary N) is 1. The number of hydrogen-bond donors (Lipinski definition) is 2. The van der Waals surface area contributed by atoms with Crippen molar-refractivity contribution in [2.24, 2.45) is 0 Å². The van der Waals surface area contributed by atoms with E-state index in [1.54, 1.807) is 18.2 Å². The monoisotopic (exact) mass is 472 g/mol. The highest BCUT2D eigenvalue weighted by Gasteiger charge is 2.29. The smallest absolute Gasteiger partial charge is 0.246 e. The van der Waals surface area contributed by atoms with E-state index < -0.39 is 0 Å². The van der Waals surface area contributed by atoms with Crippen molar-refractivity contribution < 1.29 is 9.59 Å². The van der Waals surface area contributed by atoms with Crippen LogP contribution < -0.4 is 11.1 Å². The number of amides is 2. The van der Waals surface area contributed by atoms with Crippen molar-refractivity contribution in [2.45, 2.75) is 19.4 Å². The zero-order chi connectivity index (χ0) is 24.9. The van der Waals surface area contributed by atoms with Gasteiger partial charge in [0, 0.05) is 43.9 Å². The summed E-state index contributed by atoms with van der Waals surface area (Å²) < 4.78 is 1.81. The molecule has 0 spiro atoms. The van der Waals surface area contributed by atoms with Gasteiger partial charge in [-0.1, -0.05) is 18.1 Å². The van der Waals surface area contributed by atoms with E-state index in [0.717, 1.165) is 12.0 Å². The molecule has 3 N–H and O–H groups in total. The second-order valence-electron chi connectivity index (χ2n) is 8.65. The van der Waals surface area contributed by atoms with Crippen LogP contribution in [0.1, 0.15) is 30.6 Å². The Labute approximate surface area is 203 Å². The van der Waals surface area contributed by atoms with Crippen molar-refractivity contribution in [1.29, 1.82) is 0 Å². The van der Waals surface area contributed by atoms with E-state index in [-0.39, 0.29) is 17.9 Å². The molecule has 1 atom stereocenters. The minimum atomic E-state index is -0.151. The van der Waals surface area contributed by atoms with Gasteiger partial charge in [-0.15, -0.1) is 0 Å². The lowest BCUT2D eigenvalue weighted by atomic mass is 10.2. The first-order valence-corrected chi connectivity index (χ1v) is 11.3. The normalized spacial score (nSPS) is 15.5. The molecule has 3 aromatic rings. The van der Waals surface area contributed by atoms with Gasteiger partial charge < -0.3 is 20.9 Å². The van der Waals surface area contributed by atoms with Gasteiger partial charge in [0.25, 0.3) is 0 Å². The Morgan fingerprint density at radius 3 is 2.89 bits per heavy atom. The first kappa shape index (κ1) is 23.9. The molecule has 2 aromatic heterocycles. The van der Waals surface area contributed by atoms with Crippen LogP contribution in [0.4, 0.5) is 11.5 Å². The van der Waals surface area contributed by atoms with Crippen molar-refractivity contribution in [2.75, 3.05) is 44.8 Å². The molecule has 3 heterocycles. The Kier molecular flexibility index (Phi) is 7.08. The molecule has 180 valence electrons.